The van der Waals surface area contributed by atoms with Crippen molar-refractivity contribution in [1.82, 2.24) is 4.90 Å². The maximum absolute atomic E-state index is 12.4. The summed E-state index contributed by atoms with van der Waals surface area (Å²) in [4.78, 5) is 15.2. The molecule has 2 aromatic heterocycles. The van der Waals surface area contributed by atoms with Crippen LogP contribution in [0.25, 0.3) is 0 Å². The van der Waals surface area contributed by atoms with E-state index in [0.717, 1.165) is 10.6 Å². The Bertz CT molecular complexity index is 476. The van der Waals surface area contributed by atoms with Gasteiger partial charge in [-0.25, -0.2) is 0 Å². The molecule has 102 valence electrons. The molecule has 2 aromatic rings. The van der Waals surface area contributed by atoms with Gasteiger partial charge in [-0.15, -0.1) is 11.3 Å². The fourth-order valence-electron chi connectivity index (χ4n) is 1.79. The summed E-state index contributed by atoms with van der Waals surface area (Å²) in [6, 6.07) is 7.66. The molecule has 0 saturated carbocycles. The molecule has 0 aliphatic carbocycles. The second-order valence-corrected chi connectivity index (χ2v) is 6.07. The van der Waals surface area contributed by atoms with Gasteiger partial charge in [0, 0.05) is 4.88 Å². The number of rotatable bonds is 5. The van der Waals surface area contributed by atoms with Gasteiger partial charge in [0.05, 0.1) is 24.9 Å². The van der Waals surface area contributed by atoms with E-state index in [1.807, 2.05) is 29.6 Å². The first-order valence-corrected chi connectivity index (χ1v) is 6.98. The van der Waals surface area contributed by atoms with E-state index in [4.69, 9.17) is 10.2 Å². The van der Waals surface area contributed by atoms with Gasteiger partial charge < -0.3 is 15.1 Å². The third kappa shape index (κ3) is 3.68. The Labute approximate surface area is 116 Å². The van der Waals surface area contributed by atoms with Crippen LogP contribution < -0.4 is 5.73 Å². The van der Waals surface area contributed by atoms with Crippen molar-refractivity contribution in [2.45, 2.75) is 32.5 Å². The Balaban J connectivity index is 2.15. The normalized spacial score (nSPS) is 11.5. The van der Waals surface area contributed by atoms with Crippen molar-refractivity contribution in [3.8, 4) is 0 Å². The number of hydrogen-bond donors (Lipinski definition) is 1. The first-order valence-electron chi connectivity index (χ1n) is 6.10. The number of furan rings is 1. The van der Waals surface area contributed by atoms with E-state index >= 15 is 0 Å². The first kappa shape index (κ1) is 13.8. The molecular formula is C14H18N2O2S. The molecule has 2 heterocycles. The lowest BCUT2D eigenvalue weighted by molar-refractivity contribution is -0.137. The summed E-state index contributed by atoms with van der Waals surface area (Å²) in [5, 5.41) is 2.00. The second kappa shape index (κ2) is 5.59. The number of hydrogen-bond acceptors (Lipinski definition) is 4. The Hall–Kier alpha value is -1.59. The van der Waals surface area contributed by atoms with Gasteiger partial charge in [0.2, 0.25) is 5.91 Å². The van der Waals surface area contributed by atoms with Gasteiger partial charge in [-0.1, -0.05) is 6.07 Å². The van der Waals surface area contributed by atoms with E-state index < -0.39 is 5.54 Å². The Morgan fingerprint density at radius 3 is 2.68 bits per heavy atom. The topological polar surface area (TPSA) is 59.5 Å². The van der Waals surface area contributed by atoms with Crippen molar-refractivity contribution >= 4 is 17.2 Å². The lowest BCUT2D eigenvalue weighted by atomic mass is 10.1. The van der Waals surface area contributed by atoms with Gasteiger partial charge in [0.25, 0.3) is 0 Å². The quantitative estimate of drug-likeness (QED) is 0.914. The van der Waals surface area contributed by atoms with E-state index in [-0.39, 0.29) is 5.91 Å². The minimum Gasteiger partial charge on any atom is -0.467 e. The van der Waals surface area contributed by atoms with Crippen molar-refractivity contribution in [1.29, 1.82) is 0 Å². The third-order valence-corrected chi connectivity index (χ3v) is 3.55. The van der Waals surface area contributed by atoms with E-state index in [1.165, 1.54) is 0 Å². The van der Waals surface area contributed by atoms with Crippen LogP contribution in [-0.2, 0) is 17.9 Å². The maximum Gasteiger partial charge on any atom is 0.242 e. The minimum absolute atomic E-state index is 0.0858. The molecule has 1 amide bonds. The molecule has 0 saturated heterocycles. The molecule has 0 bridgehead atoms. The van der Waals surface area contributed by atoms with Crippen molar-refractivity contribution in [3.63, 3.8) is 0 Å². The highest BCUT2D eigenvalue weighted by Gasteiger charge is 2.28. The number of thiophene rings is 1. The van der Waals surface area contributed by atoms with E-state index in [2.05, 4.69) is 0 Å². The molecule has 19 heavy (non-hydrogen) atoms. The Morgan fingerprint density at radius 1 is 1.37 bits per heavy atom. The number of carbonyl (C=O) groups is 1. The maximum atomic E-state index is 12.4. The standard InChI is InChI=1S/C14H18N2O2S/c1-14(2,15)13(17)16(9-11-5-3-7-18-11)10-12-6-4-8-19-12/h3-8H,9-10,15H2,1-2H3. The second-order valence-electron chi connectivity index (χ2n) is 5.04. The largest absolute Gasteiger partial charge is 0.467 e. The number of carbonyl (C=O) groups excluding carboxylic acids is 1. The fourth-order valence-corrected chi connectivity index (χ4v) is 2.51. The van der Waals surface area contributed by atoms with E-state index in [9.17, 15) is 4.79 Å². The molecule has 0 spiro atoms. The van der Waals surface area contributed by atoms with E-state index in [1.54, 1.807) is 36.3 Å². The van der Waals surface area contributed by atoms with Crippen molar-refractivity contribution in [3.05, 3.63) is 46.5 Å². The summed E-state index contributed by atoms with van der Waals surface area (Å²) in [5.41, 5.74) is 5.03. The van der Waals surface area contributed by atoms with Crippen LogP contribution in [0.2, 0.25) is 0 Å². The molecule has 4 nitrogen and oxygen atoms in total. The SMILES string of the molecule is CC(C)(N)C(=O)N(Cc1ccco1)Cc1cccs1. The highest BCUT2D eigenvalue weighted by molar-refractivity contribution is 7.09. The highest BCUT2D eigenvalue weighted by Crippen LogP contribution is 2.17. The third-order valence-electron chi connectivity index (χ3n) is 2.69. The van der Waals surface area contributed by atoms with Gasteiger partial charge >= 0.3 is 0 Å². The smallest absolute Gasteiger partial charge is 0.242 e. The predicted octanol–water partition coefficient (Wildman–Crippen LogP) is 2.61. The number of amides is 1. The van der Waals surface area contributed by atoms with Gasteiger partial charge in [-0.05, 0) is 37.4 Å². The zero-order valence-electron chi connectivity index (χ0n) is 11.1. The number of nitrogens with two attached hydrogens (primary N) is 1. The van der Waals surface area contributed by atoms with E-state index in [0.29, 0.717) is 13.1 Å². The minimum atomic E-state index is -0.885. The summed E-state index contributed by atoms with van der Waals surface area (Å²) < 4.78 is 5.31. The van der Waals surface area contributed by atoms with Crippen LogP contribution in [-0.4, -0.2) is 16.3 Å². The molecule has 0 unspecified atom stereocenters. The van der Waals surface area contributed by atoms with Crippen LogP contribution in [0.15, 0.2) is 40.3 Å². The molecule has 0 fully saturated rings. The molecule has 0 radical (unpaired) electrons. The molecule has 5 heteroatoms. The van der Waals surface area contributed by atoms with Crippen LogP contribution >= 0.6 is 11.3 Å². The van der Waals surface area contributed by atoms with Crippen molar-refractivity contribution in [2.24, 2.45) is 5.73 Å². The van der Waals surface area contributed by atoms with Crippen LogP contribution in [0.1, 0.15) is 24.5 Å². The molecule has 2 rings (SSSR count). The molecular weight excluding hydrogens is 260 g/mol. The monoisotopic (exact) mass is 278 g/mol. The zero-order valence-corrected chi connectivity index (χ0v) is 11.9. The lowest BCUT2D eigenvalue weighted by Crippen LogP contribution is -2.50. The summed E-state index contributed by atoms with van der Waals surface area (Å²) in [6.07, 6.45) is 1.61. The number of nitrogens with zero attached hydrogens (tertiary/aromatic N) is 1. The van der Waals surface area contributed by atoms with Crippen LogP contribution in [0.3, 0.4) is 0 Å². The Morgan fingerprint density at radius 2 is 2.16 bits per heavy atom. The van der Waals surface area contributed by atoms with Crippen LogP contribution in [0.5, 0.6) is 0 Å². The molecule has 0 aromatic carbocycles. The average molecular weight is 278 g/mol. The summed E-state index contributed by atoms with van der Waals surface area (Å²) in [5.74, 6) is 0.673. The summed E-state index contributed by atoms with van der Waals surface area (Å²) >= 11 is 1.63. The molecule has 0 aliphatic rings. The fraction of sp³-hybridized carbons (Fsp3) is 0.357. The lowest BCUT2D eigenvalue weighted by Gasteiger charge is -2.28. The molecule has 0 aliphatic heterocycles. The molecule has 0 atom stereocenters. The van der Waals surface area contributed by atoms with Crippen molar-refractivity contribution in [2.75, 3.05) is 0 Å². The zero-order chi connectivity index (χ0) is 13.9. The first-order chi connectivity index (χ1) is 8.97. The van der Waals surface area contributed by atoms with Crippen molar-refractivity contribution < 1.29 is 9.21 Å². The van der Waals surface area contributed by atoms with Gasteiger partial charge in [0.15, 0.2) is 0 Å². The highest BCUT2D eigenvalue weighted by atomic mass is 32.1. The van der Waals surface area contributed by atoms with Gasteiger partial charge in [-0.3, -0.25) is 4.79 Å². The van der Waals surface area contributed by atoms with Gasteiger partial charge in [-0.2, -0.15) is 0 Å². The van der Waals surface area contributed by atoms with Gasteiger partial charge in [0.1, 0.15) is 5.76 Å². The Kier molecular flexibility index (Phi) is 4.07. The van der Waals surface area contributed by atoms with Crippen LogP contribution in [0, 0.1) is 0 Å². The average Bonchev–Trinajstić information content (AvgIpc) is 2.98. The van der Waals surface area contributed by atoms with Crippen LogP contribution in [0.4, 0.5) is 0 Å². The molecule has 2 N–H and O–H groups in total. The summed E-state index contributed by atoms with van der Waals surface area (Å²) in [6.45, 7) is 4.43. The predicted molar refractivity (Wildman–Crippen MR) is 75.5 cm³/mol. The summed E-state index contributed by atoms with van der Waals surface area (Å²) in [7, 11) is 0.